The Bertz CT molecular complexity index is 828. The summed E-state index contributed by atoms with van der Waals surface area (Å²) >= 11 is 0. The van der Waals surface area contributed by atoms with Crippen LogP contribution in [0.4, 0.5) is 0 Å². The van der Waals surface area contributed by atoms with Crippen LogP contribution in [0.1, 0.15) is 162 Å². The number of hydrogen-bond acceptors (Lipinski definition) is 9. The van der Waals surface area contributed by atoms with Crippen molar-refractivity contribution < 1.29 is 49.4 Å². The average Bonchev–Trinajstić information content (AvgIpc) is 3.02. The van der Waals surface area contributed by atoms with Gasteiger partial charge >= 0.3 is 11.9 Å². The number of aliphatic hydroxyl groups excluding tert-OH is 4. The highest BCUT2D eigenvalue weighted by Gasteiger charge is 2.48. The van der Waals surface area contributed by atoms with E-state index in [1.807, 2.05) is 0 Å². The molecule has 0 spiro atoms. The summed E-state index contributed by atoms with van der Waals surface area (Å²) in [4.78, 5) is 37.4. The van der Waals surface area contributed by atoms with E-state index in [9.17, 15) is 39.9 Å². The van der Waals surface area contributed by atoms with Crippen molar-refractivity contribution in [3.8, 4) is 0 Å². The SMILES string of the molecule is CCCCCCCCCCC[C@@H](O)CC(=O)N[C@H]1C(CC(=O)O)OC(CO)C(O)C1OC(=O)C[C@H](O)CCCCCCCCCCC. The molecule has 1 aliphatic rings. The van der Waals surface area contributed by atoms with Crippen LogP contribution in [-0.2, 0) is 23.9 Å². The Balaban J connectivity index is 2.64. The van der Waals surface area contributed by atoms with Crippen LogP contribution >= 0.6 is 0 Å². The monoisotopic (exact) mass is 673 g/mol. The van der Waals surface area contributed by atoms with Gasteiger partial charge < -0.3 is 40.3 Å². The van der Waals surface area contributed by atoms with Crippen molar-refractivity contribution in [3.63, 3.8) is 0 Å². The molecule has 11 heteroatoms. The molecule has 0 aromatic heterocycles. The molecule has 0 saturated carbocycles. The Morgan fingerprint density at radius 3 is 1.60 bits per heavy atom. The van der Waals surface area contributed by atoms with Crippen LogP contribution in [0.5, 0.6) is 0 Å². The predicted molar refractivity (Wildman–Crippen MR) is 181 cm³/mol. The molecule has 6 N–H and O–H groups in total. The van der Waals surface area contributed by atoms with E-state index in [1.165, 1.54) is 64.2 Å². The number of esters is 1. The molecule has 1 saturated heterocycles. The zero-order chi connectivity index (χ0) is 34.9. The second-order valence-corrected chi connectivity index (χ2v) is 13.5. The molecular formula is C36H67NO10. The third kappa shape index (κ3) is 20.4. The number of carbonyl (C=O) groups excluding carboxylic acids is 2. The van der Waals surface area contributed by atoms with Crippen LogP contribution in [0.2, 0.25) is 0 Å². The number of amides is 1. The first kappa shape index (κ1) is 43.2. The van der Waals surface area contributed by atoms with Crippen molar-refractivity contribution in [3.05, 3.63) is 0 Å². The summed E-state index contributed by atoms with van der Waals surface area (Å²) in [7, 11) is 0. The zero-order valence-electron chi connectivity index (χ0n) is 29.3. The molecule has 1 aliphatic heterocycles. The first-order chi connectivity index (χ1) is 22.6. The van der Waals surface area contributed by atoms with Gasteiger partial charge in [0.15, 0.2) is 6.10 Å². The first-order valence-corrected chi connectivity index (χ1v) is 18.6. The van der Waals surface area contributed by atoms with Gasteiger partial charge in [-0.2, -0.15) is 0 Å². The number of ether oxygens (including phenoxy) is 2. The highest BCUT2D eigenvalue weighted by Crippen LogP contribution is 2.27. The van der Waals surface area contributed by atoms with E-state index in [4.69, 9.17) is 9.47 Å². The van der Waals surface area contributed by atoms with Crippen molar-refractivity contribution in [2.45, 2.75) is 204 Å². The Morgan fingerprint density at radius 2 is 1.15 bits per heavy atom. The fourth-order valence-corrected chi connectivity index (χ4v) is 6.28. The first-order valence-electron chi connectivity index (χ1n) is 18.6. The fraction of sp³-hybridized carbons (Fsp3) is 0.917. The number of aliphatic hydroxyl groups is 4. The Hall–Kier alpha value is -1.79. The van der Waals surface area contributed by atoms with Gasteiger partial charge in [0.05, 0.1) is 50.2 Å². The highest BCUT2D eigenvalue weighted by atomic mass is 16.6. The van der Waals surface area contributed by atoms with Crippen LogP contribution in [0, 0.1) is 0 Å². The Labute approximate surface area is 283 Å². The lowest BCUT2D eigenvalue weighted by Gasteiger charge is -2.44. The minimum Gasteiger partial charge on any atom is -0.481 e. The predicted octanol–water partition coefficient (Wildman–Crippen LogP) is 5.32. The van der Waals surface area contributed by atoms with Crippen molar-refractivity contribution in [1.82, 2.24) is 5.32 Å². The summed E-state index contributed by atoms with van der Waals surface area (Å²) in [6, 6.07) is -1.24. The zero-order valence-corrected chi connectivity index (χ0v) is 29.3. The highest BCUT2D eigenvalue weighted by molar-refractivity contribution is 5.77. The molecule has 0 aromatic rings. The number of unbranched alkanes of at least 4 members (excludes halogenated alkanes) is 16. The Kier molecular flexibility index (Phi) is 24.9. The molecular weight excluding hydrogens is 606 g/mol. The number of carboxylic acids is 1. The maximum atomic E-state index is 13.0. The van der Waals surface area contributed by atoms with Crippen LogP contribution in [-0.4, -0.2) is 92.7 Å². The van der Waals surface area contributed by atoms with E-state index < -0.39 is 73.5 Å². The number of carboxylic acid groups (broad SMARTS) is 1. The lowest BCUT2D eigenvalue weighted by atomic mass is 9.90. The normalized spacial score (nSPS) is 22.5. The van der Waals surface area contributed by atoms with E-state index in [0.717, 1.165) is 51.4 Å². The van der Waals surface area contributed by atoms with Crippen LogP contribution in [0.3, 0.4) is 0 Å². The summed E-state index contributed by atoms with van der Waals surface area (Å²) in [5.74, 6) is -2.65. The van der Waals surface area contributed by atoms with Crippen molar-refractivity contribution in [2.75, 3.05) is 6.61 Å². The quantitative estimate of drug-likeness (QED) is 0.0449. The van der Waals surface area contributed by atoms with Gasteiger partial charge in [-0.15, -0.1) is 0 Å². The van der Waals surface area contributed by atoms with Gasteiger partial charge in [-0.1, -0.05) is 129 Å². The number of nitrogens with one attached hydrogen (secondary N) is 1. The molecule has 0 aliphatic carbocycles. The lowest BCUT2D eigenvalue weighted by Crippen LogP contribution is -2.65. The van der Waals surface area contributed by atoms with Gasteiger partial charge in [0.2, 0.25) is 5.91 Å². The topological polar surface area (TPSA) is 183 Å². The molecule has 1 amide bonds. The summed E-state index contributed by atoms with van der Waals surface area (Å²) < 4.78 is 11.2. The number of carbonyl (C=O) groups is 3. The molecule has 276 valence electrons. The van der Waals surface area contributed by atoms with Gasteiger partial charge in [-0.05, 0) is 12.8 Å². The van der Waals surface area contributed by atoms with E-state index in [1.54, 1.807) is 0 Å². The van der Waals surface area contributed by atoms with Crippen LogP contribution in [0.15, 0.2) is 0 Å². The largest absolute Gasteiger partial charge is 0.481 e. The van der Waals surface area contributed by atoms with E-state index in [0.29, 0.717) is 12.8 Å². The average molecular weight is 674 g/mol. The summed E-state index contributed by atoms with van der Waals surface area (Å²) in [6.07, 6.45) is 12.7. The maximum Gasteiger partial charge on any atom is 0.308 e. The van der Waals surface area contributed by atoms with Gasteiger partial charge in [0, 0.05) is 0 Å². The minimum absolute atomic E-state index is 0.245. The summed E-state index contributed by atoms with van der Waals surface area (Å²) in [5, 5.41) is 53.7. The molecule has 0 radical (unpaired) electrons. The minimum atomic E-state index is -1.55. The molecule has 7 atom stereocenters. The molecule has 1 heterocycles. The summed E-state index contributed by atoms with van der Waals surface area (Å²) in [5.41, 5.74) is 0. The molecule has 4 unspecified atom stereocenters. The van der Waals surface area contributed by atoms with Crippen molar-refractivity contribution in [2.24, 2.45) is 0 Å². The fourth-order valence-electron chi connectivity index (χ4n) is 6.28. The smallest absolute Gasteiger partial charge is 0.308 e. The van der Waals surface area contributed by atoms with Gasteiger partial charge in [-0.3, -0.25) is 14.4 Å². The molecule has 1 rings (SSSR count). The van der Waals surface area contributed by atoms with Gasteiger partial charge in [0.25, 0.3) is 0 Å². The molecule has 0 aromatic carbocycles. The molecule has 47 heavy (non-hydrogen) atoms. The molecule has 0 bridgehead atoms. The number of rotatable bonds is 29. The van der Waals surface area contributed by atoms with Crippen LogP contribution in [0.25, 0.3) is 0 Å². The number of aliphatic carboxylic acids is 1. The second-order valence-electron chi connectivity index (χ2n) is 13.5. The Morgan fingerprint density at radius 1 is 0.702 bits per heavy atom. The number of hydrogen-bond donors (Lipinski definition) is 6. The van der Waals surface area contributed by atoms with E-state index in [-0.39, 0.29) is 12.8 Å². The van der Waals surface area contributed by atoms with E-state index >= 15 is 0 Å². The lowest BCUT2D eigenvalue weighted by molar-refractivity contribution is -0.213. The van der Waals surface area contributed by atoms with Crippen molar-refractivity contribution in [1.29, 1.82) is 0 Å². The molecule has 1 fully saturated rings. The standard InChI is InChI=1S/C36H67NO10/c1-3-5-7-9-11-13-15-17-19-21-27(39)23-31(41)37-34-29(25-32(42)43)46-30(26-38)35(45)36(34)47-33(44)24-28(40)22-20-18-16-14-12-10-8-6-4-2/h27-30,34-36,38-40,45H,3-26H2,1-2H3,(H,37,41)(H,42,43)/t27-,28-,29?,30?,34+,35?,36?/m1/s1. The summed E-state index contributed by atoms with van der Waals surface area (Å²) in [6.45, 7) is 3.72. The second kappa shape index (κ2) is 27.1. The maximum absolute atomic E-state index is 13.0. The van der Waals surface area contributed by atoms with Crippen molar-refractivity contribution >= 4 is 17.8 Å². The third-order valence-electron chi connectivity index (χ3n) is 9.08. The molecule has 11 nitrogen and oxygen atoms in total. The van der Waals surface area contributed by atoms with Gasteiger partial charge in [-0.25, -0.2) is 0 Å². The van der Waals surface area contributed by atoms with Crippen LogP contribution < -0.4 is 5.32 Å². The van der Waals surface area contributed by atoms with E-state index in [2.05, 4.69) is 19.2 Å². The third-order valence-corrected chi connectivity index (χ3v) is 9.08. The van der Waals surface area contributed by atoms with Gasteiger partial charge in [0.1, 0.15) is 12.2 Å².